The van der Waals surface area contributed by atoms with E-state index in [9.17, 15) is 0 Å². The molecule has 0 amide bonds. The van der Waals surface area contributed by atoms with Crippen molar-refractivity contribution in [2.75, 3.05) is 6.54 Å². The standard InChI is InChI=1S/C16H33N/c1-8-13(3)15(5)16(6,7)11-10-12-17-14(4)9-2/h14,17H,8-12H2,1-7H3/b15-13+. The van der Waals surface area contributed by atoms with Crippen LogP contribution in [-0.2, 0) is 0 Å². The van der Waals surface area contributed by atoms with Gasteiger partial charge in [0, 0.05) is 6.04 Å². The molecule has 0 aromatic rings. The predicted octanol–water partition coefficient (Wildman–Crippen LogP) is 4.93. The Morgan fingerprint density at radius 2 is 1.76 bits per heavy atom. The molecular weight excluding hydrogens is 206 g/mol. The van der Waals surface area contributed by atoms with Crippen LogP contribution in [0, 0.1) is 5.41 Å². The zero-order valence-electron chi connectivity index (χ0n) is 13.1. The predicted molar refractivity (Wildman–Crippen MR) is 79.4 cm³/mol. The third-order valence-corrected chi connectivity index (χ3v) is 4.27. The first-order valence-electron chi connectivity index (χ1n) is 7.25. The van der Waals surface area contributed by atoms with Gasteiger partial charge in [-0.3, -0.25) is 0 Å². The maximum Gasteiger partial charge on any atom is 0.00360 e. The molecule has 1 heteroatoms. The maximum absolute atomic E-state index is 3.57. The lowest BCUT2D eigenvalue weighted by Crippen LogP contribution is -2.27. The normalized spacial score (nSPS) is 15.7. The molecule has 0 saturated heterocycles. The molecule has 1 unspecified atom stereocenters. The van der Waals surface area contributed by atoms with E-state index in [0.29, 0.717) is 11.5 Å². The molecule has 0 rings (SSSR count). The molecule has 0 spiro atoms. The van der Waals surface area contributed by atoms with E-state index in [-0.39, 0.29) is 0 Å². The van der Waals surface area contributed by atoms with Crippen molar-refractivity contribution in [3.05, 3.63) is 11.1 Å². The van der Waals surface area contributed by atoms with Gasteiger partial charge < -0.3 is 5.32 Å². The van der Waals surface area contributed by atoms with Gasteiger partial charge in [0.15, 0.2) is 0 Å². The molecule has 1 atom stereocenters. The SMILES string of the molecule is CC/C(C)=C(\C)C(C)(C)CCCNC(C)CC. The highest BCUT2D eigenvalue weighted by atomic mass is 14.9. The summed E-state index contributed by atoms with van der Waals surface area (Å²) in [5.74, 6) is 0. The van der Waals surface area contributed by atoms with Gasteiger partial charge in [-0.15, -0.1) is 0 Å². The third-order valence-electron chi connectivity index (χ3n) is 4.27. The summed E-state index contributed by atoms with van der Waals surface area (Å²) >= 11 is 0. The average molecular weight is 239 g/mol. The van der Waals surface area contributed by atoms with Crippen molar-refractivity contribution >= 4 is 0 Å². The van der Waals surface area contributed by atoms with Gasteiger partial charge in [-0.2, -0.15) is 0 Å². The lowest BCUT2D eigenvalue weighted by Gasteiger charge is -2.28. The van der Waals surface area contributed by atoms with E-state index in [4.69, 9.17) is 0 Å². The highest BCUT2D eigenvalue weighted by Crippen LogP contribution is 2.33. The van der Waals surface area contributed by atoms with Crippen LogP contribution in [0.25, 0.3) is 0 Å². The quantitative estimate of drug-likeness (QED) is 0.468. The summed E-state index contributed by atoms with van der Waals surface area (Å²) < 4.78 is 0. The molecule has 17 heavy (non-hydrogen) atoms. The van der Waals surface area contributed by atoms with Crippen LogP contribution < -0.4 is 5.32 Å². The number of allylic oxidation sites excluding steroid dienone is 2. The van der Waals surface area contributed by atoms with E-state index in [1.807, 2.05) is 0 Å². The first kappa shape index (κ1) is 16.7. The van der Waals surface area contributed by atoms with Crippen molar-refractivity contribution < 1.29 is 0 Å². The van der Waals surface area contributed by atoms with Gasteiger partial charge in [-0.25, -0.2) is 0 Å². The van der Waals surface area contributed by atoms with Gasteiger partial charge in [0.05, 0.1) is 0 Å². The molecule has 0 aromatic carbocycles. The minimum atomic E-state index is 0.358. The summed E-state index contributed by atoms with van der Waals surface area (Å²) in [6, 6.07) is 0.659. The molecule has 0 radical (unpaired) electrons. The van der Waals surface area contributed by atoms with Crippen molar-refractivity contribution in [2.24, 2.45) is 5.41 Å². The second-order valence-electron chi connectivity index (χ2n) is 6.01. The third kappa shape index (κ3) is 6.26. The van der Waals surface area contributed by atoms with Gasteiger partial charge in [0.2, 0.25) is 0 Å². The summed E-state index contributed by atoms with van der Waals surface area (Å²) in [5.41, 5.74) is 3.51. The lowest BCUT2D eigenvalue weighted by atomic mass is 9.78. The fraction of sp³-hybridized carbons (Fsp3) is 0.875. The summed E-state index contributed by atoms with van der Waals surface area (Å²) in [5, 5.41) is 3.57. The number of rotatable bonds is 8. The van der Waals surface area contributed by atoms with Gasteiger partial charge >= 0.3 is 0 Å². The van der Waals surface area contributed by atoms with E-state index >= 15 is 0 Å². The van der Waals surface area contributed by atoms with Crippen molar-refractivity contribution in [1.82, 2.24) is 5.32 Å². The van der Waals surface area contributed by atoms with Gasteiger partial charge in [0.25, 0.3) is 0 Å². The Bertz CT molecular complexity index is 238. The van der Waals surface area contributed by atoms with Crippen LogP contribution in [-0.4, -0.2) is 12.6 Å². The van der Waals surface area contributed by atoms with Crippen molar-refractivity contribution in [1.29, 1.82) is 0 Å². The van der Waals surface area contributed by atoms with E-state index in [2.05, 4.69) is 53.8 Å². The second-order valence-corrected chi connectivity index (χ2v) is 6.01. The van der Waals surface area contributed by atoms with Crippen LogP contribution in [0.1, 0.15) is 74.1 Å². The molecule has 0 aliphatic heterocycles. The fourth-order valence-corrected chi connectivity index (χ4v) is 2.05. The number of hydrogen-bond donors (Lipinski definition) is 1. The molecule has 0 aliphatic rings. The Morgan fingerprint density at radius 3 is 2.24 bits per heavy atom. The van der Waals surface area contributed by atoms with E-state index in [0.717, 1.165) is 6.54 Å². The smallest absolute Gasteiger partial charge is 0.00360 e. The first-order valence-corrected chi connectivity index (χ1v) is 7.25. The highest BCUT2D eigenvalue weighted by molar-refractivity contribution is 5.16. The zero-order chi connectivity index (χ0) is 13.5. The molecule has 0 aromatic heterocycles. The van der Waals surface area contributed by atoms with Crippen LogP contribution >= 0.6 is 0 Å². The summed E-state index contributed by atoms with van der Waals surface area (Å²) in [6.45, 7) is 17.2. The Kier molecular flexibility index (Phi) is 7.78. The lowest BCUT2D eigenvalue weighted by molar-refractivity contribution is 0.377. The zero-order valence-corrected chi connectivity index (χ0v) is 13.1. The topological polar surface area (TPSA) is 12.0 Å². The molecule has 1 nitrogen and oxygen atoms in total. The molecular formula is C16H33N. The summed E-state index contributed by atoms with van der Waals surface area (Å²) in [6.07, 6.45) is 4.95. The maximum atomic E-state index is 3.57. The minimum Gasteiger partial charge on any atom is -0.314 e. The minimum absolute atomic E-state index is 0.358. The highest BCUT2D eigenvalue weighted by Gasteiger charge is 2.20. The van der Waals surface area contributed by atoms with E-state index in [1.165, 1.54) is 25.7 Å². The van der Waals surface area contributed by atoms with Crippen molar-refractivity contribution in [2.45, 2.75) is 80.2 Å². The number of hydrogen-bond acceptors (Lipinski definition) is 1. The van der Waals surface area contributed by atoms with Crippen molar-refractivity contribution in [3.63, 3.8) is 0 Å². The average Bonchev–Trinajstić information content (AvgIpc) is 2.32. The summed E-state index contributed by atoms with van der Waals surface area (Å²) in [4.78, 5) is 0. The van der Waals surface area contributed by atoms with Crippen LogP contribution in [0.2, 0.25) is 0 Å². The van der Waals surface area contributed by atoms with Gasteiger partial charge in [0.1, 0.15) is 0 Å². The number of nitrogens with one attached hydrogen (secondary N) is 1. The Morgan fingerprint density at radius 1 is 1.18 bits per heavy atom. The Hall–Kier alpha value is -0.300. The van der Waals surface area contributed by atoms with Crippen LogP contribution in [0.4, 0.5) is 0 Å². The Labute approximate surface area is 109 Å². The Balaban J connectivity index is 4.10. The fourth-order valence-electron chi connectivity index (χ4n) is 2.05. The molecule has 1 N–H and O–H groups in total. The monoisotopic (exact) mass is 239 g/mol. The van der Waals surface area contributed by atoms with E-state index in [1.54, 1.807) is 11.1 Å². The molecule has 102 valence electrons. The van der Waals surface area contributed by atoms with Crippen LogP contribution in [0.3, 0.4) is 0 Å². The first-order chi connectivity index (χ1) is 7.85. The second kappa shape index (κ2) is 7.92. The van der Waals surface area contributed by atoms with Gasteiger partial charge in [-0.1, -0.05) is 38.8 Å². The van der Waals surface area contributed by atoms with Gasteiger partial charge in [-0.05, 0) is 58.4 Å². The molecule has 0 fully saturated rings. The molecule has 0 aliphatic carbocycles. The van der Waals surface area contributed by atoms with E-state index < -0.39 is 0 Å². The molecule has 0 heterocycles. The van der Waals surface area contributed by atoms with Crippen LogP contribution in [0.15, 0.2) is 11.1 Å². The molecule has 0 saturated carbocycles. The molecule has 0 bridgehead atoms. The largest absolute Gasteiger partial charge is 0.314 e. The summed E-state index contributed by atoms with van der Waals surface area (Å²) in [7, 11) is 0. The van der Waals surface area contributed by atoms with Crippen molar-refractivity contribution in [3.8, 4) is 0 Å². The van der Waals surface area contributed by atoms with Crippen LogP contribution in [0.5, 0.6) is 0 Å².